The molecular formula is C11H10F3NO. The first-order valence-electron chi connectivity index (χ1n) is 4.99. The standard InChI is InChI=1S/C11H10F3NO/c12-7-4-9(13)8(10(14)5-7)6-11(16)15-2-1-3-15/h4-5H,1-3,6H2. The maximum Gasteiger partial charge on any atom is 0.227 e. The van der Waals surface area contributed by atoms with Gasteiger partial charge in [-0.15, -0.1) is 0 Å². The van der Waals surface area contributed by atoms with Gasteiger partial charge in [0.25, 0.3) is 0 Å². The summed E-state index contributed by atoms with van der Waals surface area (Å²) in [6, 6.07) is 1.17. The molecule has 0 N–H and O–H groups in total. The van der Waals surface area contributed by atoms with Crippen LogP contribution >= 0.6 is 0 Å². The van der Waals surface area contributed by atoms with Gasteiger partial charge in [-0.1, -0.05) is 0 Å². The first-order chi connectivity index (χ1) is 7.58. The zero-order valence-corrected chi connectivity index (χ0v) is 8.47. The number of rotatable bonds is 2. The van der Waals surface area contributed by atoms with Gasteiger partial charge in [0.2, 0.25) is 5.91 Å². The summed E-state index contributed by atoms with van der Waals surface area (Å²) in [5.41, 5.74) is -0.363. The van der Waals surface area contributed by atoms with Crippen LogP contribution in [0.25, 0.3) is 0 Å². The number of carbonyl (C=O) groups is 1. The summed E-state index contributed by atoms with van der Waals surface area (Å²) in [6.45, 7) is 1.26. The van der Waals surface area contributed by atoms with Crippen molar-refractivity contribution in [1.29, 1.82) is 0 Å². The minimum Gasteiger partial charge on any atom is -0.342 e. The number of benzene rings is 1. The quantitative estimate of drug-likeness (QED) is 0.758. The number of amides is 1. The molecule has 2 nitrogen and oxygen atoms in total. The molecule has 0 aliphatic carbocycles. The molecule has 1 aromatic rings. The molecule has 1 heterocycles. The van der Waals surface area contributed by atoms with Crippen LogP contribution in [0.15, 0.2) is 12.1 Å². The number of hydrogen-bond donors (Lipinski definition) is 0. The van der Waals surface area contributed by atoms with E-state index in [1.54, 1.807) is 0 Å². The fourth-order valence-corrected chi connectivity index (χ4v) is 1.57. The summed E-state index contributed by atoms with van der Waals surface area (Å²) in [7, 11) is 0. The van der Waals surface area contributed by atoms with Crippen molar-refractivity contribution in [2.75, 3.05) is 13.1 Å². The van der Waals surface area contributed by atoms with Crippen molar-refractivity contribution in [2.45, 2.75) is 12.8 Å². The van der Waals surface area contributed by atoms with Crippen LogP contribution in [0.1, 0.15) is 12.0 Å². The molecule has 86 valence electrons. The highest BCUT2D eigenvalue weighted by molar-refractivity contribution is 5.79. The Bertz CT molecular complexity index is 406. The average molecular weight is 229 g/mol. The maximum absolute atomic E-state index is 13.2. The Kier molecular flexibility index (Phi) is 2.85. The van der Waals surface area contributed by atoms with Crippen LogP contribution < -0.4 is 0 Å². The van der Waals surface area contributed by atoms with Gasteiger partial charge in [0.1, 0.15) is 17.5 Å². The van der Waals surface area contributed by atoms with Crippen LogP contribution in [0.2, 0.25) is 0 Å². The smallest absolute Gasteiger partial charge is 0.227 e. The molecule has 16 heavy (non-hydrogen) atoms. The third-order valence-electron chi connectivity index (χ3n) is 2.64. The Hall–Kier alpha value is -1.52. The number of halogens is 3. The topological polar surface area (TPSA) is 20.3 Å². The van der Waals surface area contributed by atoms with Crippen LogP contribution in [0.4, 0.5) is 13.2 Å². The van der Waals surface area contributed by atoms with Crippen molar-refractivity contribution in [2.24, 2.45) is 0 Å². The van der Waals surface area contributed by atoms with Crippen LogP contribution in [0.5, 0.6) is 0 Å². The van der Waals surface area contributed by atoms with Gasteiger partial charge in [0.15, 0.2) is 0 Å². The zero-order valence-electron chi connectivity index (χ0n) is 8.47. The molecule has 0 saturated carbocycles. The molecule has 0 spiro atoms. The van der Waals surface area contributed by atoms with Crippen LogP contribution in [0, 0.1) is 17.5 Å². The summed E-state index contributed by atoms with van der Waals surface area (Å²) in [4.78, 5) is 13.0. The summed E-state index contributed by atoms with van der Waals surface area (Å²) in [6.07, 6.45) is 0.568. The van der Waals surface area contributed by atoms with Crippen molar-refractivity contribution in [3.8, 4) is 0 Å². The Morgan fingerprint density at radius 1 is 1.19 bits per heavy atom. The Labute approximate surface area is 90.7 Å². The second kappa shape index (κ2) is 4.15. The number of hydrogen-bond acceptors (Lipinski definition) is 1. The van der Waals surface area contributed by atoms with E-state index >= 15 is 0 Å². The van der Waals surface area contributed by atoms with Gasteiger partial charge < -0.3 is 4.90 Å². The lowest BCUT2D eigenvalue weighted by Crippen LogP contribution is -2.43. The Morgan fingerprint density at radius 2 is 1.75 bits per heavy atom. The van der Waals surface area contributed by atoms with Crippen LogP contribution in [0.3, 0.4) is 0 Å². The molecule has 1 fully saturated rings. The van der Waals surface area contributed by atoms with E-state index in [2.05, 4.69) is 0 Å². The summed E-state index contributed by atoms with van der Waals surface area (Å²) in [5, 5.41) is 0. The molecule has 5 heteroatoms. The summed E-state index contributed by atoms with van der Waals surface area (Å²) < 4.78 is 39.0. The van der Waals surface area contributed by atoms with Gasteiger partial charge in [-0.3, -0.25) is 4.79 Å². The first-order valence-corrected chi connectivity index (χ1v) is 4.99. The highest BCUT2D eigenvalue weighted by atomic mass is 19.1. The molecule has 1 saturated heterocycles. The van der Waals surface area contributed by atoms with Gasteiger partial charge in [-0.2, -0.15) is 0 Å². The fourth-order valence-electron chi connectivity index (χ4n) is 1.57. The van der Waals surface area contributed by atoms with E-state index in [4.69, 9.17) is 0 Å². The number of carbonyl (C=O) groups excluding carboxylic acids is 1. The van der Waals surface area contributed by atoms with E-state index in [0.717, 1.165) is 6.42 Å². The number of nitrogens with zero attached hydrogens (tertiary/aromatic N) is 1. The number of likely N-dealkylation sites (tertiary alicyclic amines) is 1. The van der Waals surface area contributed by atoms with Crippen LogP contribution in [-0.2, 0) is 11.2 Å². The van der Waals surface area contributed by atoms with E-state index in [1.807, 2.05) is 0 Å². The van der Waals surface area contributed by atoms with Crippen molar-refractivity contribution in [1.82, 2.24) is 4.90 Å². The summed E-state index contributed by atoms with van der Waals surface area (Å²) >= 11 is 0. The Morgan fingerprint density at radius 3 is 2.19 bits per heavy atom. The zero-order chi connectivity index (χ0) is 11.7. The molecule has 1 aromatic carbocycles. The third-order valence-corrected chi connectivity index (χ3v) is 2.64. The summed E-state index contributed by atoms with van der Waals surface area (Å²) in [5.74, 6) is -3.32. The first kappa shape index (κ1) is 11.0. The second-order valence-electron chi connectivity index (χ2n) is 3.76. The SMILES string of the molecule is O=C(Cc1c(F)cc(F)cc1F)N1CCC1. The van der Waals surface area contributed by atoms with Crippen molar-refractivity contribution in [3.63, 3.8) is 0 Å². The highest BCUT2D eigenvalue weighted by Gasteiger charge is 2.23. The average Bonchev–Trinajstić information content (AvgIpc) is 2.08. The molecule has 0 radical (unpaired) electrons. The molecule has 0 atom stereocenters. The molecule has 0 aromatic heterocycles. The monoisotopic (exact) mass is 229 g/mol. The predicted octanol–water partition coefficient (Wildman–Crippen LogP) is 1.88. The van der Waals surface area contributed by atoms with Gasteiger partial charge >= 0.3 is 0 Å². The normalized spacial score (nSPS) is 14.8. The Balaban J connectivity index is 2.17. The van der Waals surface area contributed by atoms with E-state index in [-0.39, 0.29) is 17.9 Å². The second-order valence-corrected chi connectivity index (χ2v) is 3.76. The van der Waals surface area contributed by atoms with Gasteiger partial charge in [0.05, 0.1) is 6.42 Å². The van der Waals surface area contributed by atoms with E-state index < -0.39 is 17.5 Å². The lowest BCUT2D eigenvalue weighted by Gasteiger charge is -2.31. The van der Waals surface area contributed by atoms with Crippen LogP contribution in [-0.4, -0.2) is 23.9 Å². The van der Waals surface area contributed by atoms with Crippen molar-refractivity contribution in [3.05, 3.63) is 35.1 Å². The highest BCUT2D eigenvalue weighted by Crippen LogP contribution is 2.17. The molecule has 1 amide bonds. The van der Waals surface area contributed by atoms with Gasteiger partial charge in [-0.05, 0) is 6.42 Å². The van der Waals surface area contributed by atoms with Crippen molar-refractivity contribution >= 4 is 5.91 Å². The molecule has 1 aliphatic rings. The van der Waals surface area contributed by atoms with E-state index in [0.29, 0.717) is 25.2 Å². The third kappa shape index (κ3) is 2.03. The van der Waals surface area contributed by atoms with Gasteiger partial charge in [0, 0.05) is 30.8 Å². The lowest BCUT2D eigenvalue weighted by atomic mass is 10.1. The minimum atomic E-state index is -1.01. The lowest BCUT2D eigenvalue weighted by molar-refractivity contribution is -0.133. The molecule has 2 rings (SSSR count). The largest absolute Gasteiger partial charge is 0.342 e. The van der Waals surface area contributed by atoms with Gasteiger partial charge in [-0.25, -0.2) is 13.2 Å². The predicted molar refractivity (Wildman–Crippen MR) is 51.2 cm³/mol. The molecule has 0 bridgehead atoms. The molecular weight excluding hydrogens is 219 g/mol. The molecule has 1 aliphatic heterocycles. The molecule has 0 unspecified atom stereocenters. The van der Waals surface area contributed by atoms with Crippen molar-refractivity contribution < 1.29 is 18.0 Å². The fraction of sp³-hybridized carbons (Fsp3) is 0.364. The maximum atomic E-state index is 13.2. The minimum absolute atomic E-state index is 0.323. The van der Waals surface area contributed by atoms with E-state index in [9.17, 15) is 18.0 Å². The van der Waals surface area contributed by atoms with E-state index in [1.165, 1.54) is 4.90 Å².